The maximum Gasteiger partial charge on any atom is 0.278 e. The third-order valence-corrected chi connectivity index (χ3v) is 2.65. The molecule has 0 saturated carbocycles. The van der Waals surface area contributed by atoms with Gasteiger partial charge in [-0.15, -0.1) is 0 Å². The molecule has 1 unspecified atom stereocenters. The highest BCUT2D eigenvalue weighted by atomic mass is 16.5. The van der Waals surface area contributed by atoms with Gasteiger partial charge >= 0.3 is 0 Å². The van der Waals surface area contributed by atoms with Crippen LogP contribution in [0.2, 0.25) is 0 Å². The van der Waals surface area contributed by atoms with E-state index in [1.807, 2.05) is 0 Å². The summed E-state index contributed by atoms with van der Waals surface area (Å²) in [6.07, 6.45) is 5.89. The van der Waals surface area contributed by atoms with Gasteiger partial charge in [-0.25, -0.2) is 4.98 Å². The van der Waals surface area contributed by atoms with Gasteiger partial charge < -0.3 is 9.84 Å². The molecule has 82 valence electrons. The molecule has 2 aromatic heterocycles. The molecule has 2 aromatic rings. The maximum atomic E-state index is 5.17. The summed E-state index contributed by atoms with van der Waals surface area (Å²) in [5, 5.41) is 7.25. The highest BCUT2D eigenvalue weighted by molar-refractivity contribution is 5.43. The largest absolute Gasteiger partial charge is 0.332 e. The minimum Gasteiger partial charge on any atom is -0.332 e. The van der Waals surface area contributed by atoms with Gasteiger partial charge in [-0.2, -0.15) is 4.98 Å². The molecule has 1 aliphatic heterocycles. The van der Waals surface area contributed by atoms with Crippen LogP contribution in [0.15, 0.2) is 23.1 Å². The van der Waals surface area contributed by atoms with Crippen molar-refractivity contribution in [3.8, 4) is 11.6 Å². The maximum absolute atomic E-state index is 5.17. The summed E-state index contributed by atoms with van der Waals surface area (Å²) in [7, 11) is 0. The molecular weight excluding hydrogens is 206 g/mol. The number of hydrogen-bond acceptors (Lipinski definition) is 6. The Kier molecular flexibility index (Phi) is 2.34. The van der Waals surface area contributed by atoms with Gasteiger partial charge in [0.05, 0.1) is 6.20 Å². The second-order valence-electron chi connectivity index (χ2n) is 3.74. The first kappa shape index (κ1) is 9.41. The van der Waals surface area contributed by atoms with Crippen molar-refractivity contribution in [2.75, 3.05) is 13.1 Å². The van der Waals surface area contributed by atoms with Gasteiger partial charge in [0, 0.05) is 24.9 Å². The lowest BCUT2D eigenvalue weighted by molar-refractivity contribution is 0.416. The molecule has 1 fully saturated rings. The summed E-state index contributed by atoms with van der Waals surface area (Å²) in [6.45, 7) is 1.93. The van der Waals surface area contributed by atoms with E-state index in [0.717, 1.165) is 25.3 Å². The zero-order valence-corrected chi connectivity index (χ0v) is 8.63. The smallest absolute Gasteiger partial charge is 0.278 e. The van der Waals surface area contributed by atoms with E-state index in [4.69, 9.17) is 4.52 Å². The van der Waals surface area contributed by atoms with Crippen LogP contribution in [0.25, 0.3) is 11.6 Å². The van der Waals surface area contributed by atoms with Crippen molar-refractivity contribution in [2.45, 2.75) is 12.3 Å². The van der Waals surface area contributed by atoms with Crippen LogP contribution < -0.4 is 5.32 Å². The number of rotatable bonds is 2. The molecule has 1 atom stereocenters. The zero-order chi connectivity index (χ0) is 10.8. The molecule has 3 heterocycles. The Morgan fingerprint density at radius 3 is 3.12 bits per heavy atom. The Morgan fingerprint density at radius 1 is 1.38 bits per heavy atom. The molecule has 0 radical (unpaired) electrons. The molecule has 1 aliphatic rings. The number of aromatic nitrogens is 4. The highest BCUT2D eigenvalue weighted by Crippen LogP contribution is 2.21. The van der Waals surface area contributed by atoms with E-state index in [-0.39, 0.29) is 0 Å². The lowest BCUT2D eigenvalue weighted by Gasteiger charge is -1.98. The fourth-order valence-corrected chi connectivity index (χ4v) is 1.79. The standard InChI is InChI=1S/C10H11N5O/c1-2-11-5-7(1)9-14-10(16-15-9)8-6-12-3-4-13-8/h3-4,6-7,11H,1-2,5H2. The summed E-state index contributed by atoms with van der Waals surface area (Å²) in [5.74, 6) is 1.55. The second-order valence-corrected chi connectivity index (χ2v) is 3.74. The third kappa shape index (κ3) is 1.67. The van der Waals surface area contributed by atoms with Gasteiger partial charge in [-0.1, -0.05) is 5.16 Å². The fourth-order valence-electron chi connectivity index (χ4n) is 1.79. The van der Waals surface area contributed by atoms with Crippen LogP contribution >= 0.6 is 0 Å². The molecule has 0 amide bonds. The summed E-state index contributed by atoms with van der Waals surface area (Å²) in [5.41, 5.74) is 0.618. The third-order valence-electron chi connectivity index (χ3n) is 2.65. The normalized spacial score (nSPS) is 20.1. The lowest BCUT2D eigenvalue weighted by atomic mass is 10.1. The highest BCUT2D eigenvalue weighted by Gasteiger charge is 2.22. The monoisotopic (exact) mass is 217 g/mol. The Bertz CT molecular complexity index is 463. The first-order valence-electron chi connectivity index (χ1n) is 5.24. The molecule has 1 N–H and O–H groups in total. The van der Waals surface area contributed by atoms with Gasteiger partial charge in [0.1, 0.15) is 5.69 Å². The molecule has 16 heavy (non-hydrogen) atoms. The number of nitrogens with zero attached hydrogens (tertiary/aromatic N) is 4. The molecule has 6 heteroatoms. The van der Waals surface area contributed by atoms with Crippen LogP contribution in [0.5, 0.6) is 0 Å². The topological polar surface area (TPSA) is 76.7 Å². The number of hydrogen-bond donors (Lipinski definition) is 1. The Balaban J connectivity index is 1.87. The van der Waals surface area contributed by atoms with Crippen LogP contribution in [0.3, 0.4) is 0 Å². The van der Waals surface area contributed by atoms with Crippen molar-refractivity contribution in [1.29, 1.82) is 0 Å². The average Bonchev–Trinajstić information content (AvgIpc) is 3.01. The first-order chi connectivity index (χ1) is 7.93. The van der Waals surface area contributed by atoms with Crippen LogP contribution in [-0.4, -0.2) is 33.2 Å². The van der Waals surface area contributed by atoms with Crippen molar-refractivity contribution in [1.82, 2.24) is 25.4 Å². The van der Waals surface area contributed by atoms with Crippen LogP contribution in [0.4, 0.5) is 0 Å². The Morgan fingerprint density at radius 2 is 2.38 bits per heavy atom. The SMILES string of the molecule is c1cnc(-c2nc(C3CCNC3)no2)cn1. The lowest BCUT2D eigenvalue weighted by Crippen LogP contribution is -2.08. The molecule has 0 aromatic carbocycles. The quantitative estimate of drug-likeness (QED) is 0.793. The molecule has 0 aliphatic carbocycles. The van der Waals surface area contributed by atoms with E-state index in [1.54, 1.807) is 18.6 Å². The summed E-state index contributed by atoms with van der Waals surface area (Å²) in [4.78, 5) is 12.4. The van der Waals surface area contributed by atoms with Crippen LogP contribution in [0.1, 0.15) is 18.2 Å². The number of nitrogens with one attached hydrogen (secondary N) is 1. The molecule has 0 spiro atoms. The first-order valence-corrected chi connectivity index (χ1v) is 5.24. The molecule has 0 bridgehead atoms. The summed E-state index contributed by atoms with van der Waals surface area (Å²) >= 11 is 0. The molecular formula is C10H11N5O. The Labute approximate surface area is 92.1 Å². The average molecular weight is 217 g/mol. The van der Waals surface area contributed by atoms with Crippen molar-refractivity contribution in [2.24, 2.45) is 0 Å². The van der Waals surface area contributed by atoms with Gasteiger partial charge in [-0.3, -0.25) is 4.98 Å². The van der Waals surface area contributed by atoms with E-state index in [0.29, 0.717) is 17.5 Å². The van der Waals surface area contributed by atoms with Crippen molar-refractivity contribution in [3.05, 3.63) is 24.4 Å². The van der Waals surface area contributed by atoms with Gasteiger partial charge in [-0.05, 0) is 13.0 Å². The molecule has 3 rings (SSSR count). The van der Waals surface area contributed by atoms with E-state index in [1.165, 1.54) is 0 Å². The zero-order valence-electron chi connectivity index (χ0n) is 8.63. The Hall–Kier alpha value is -1.82. The van der Waals surface area contributed by atoms with Crippen molar-refractivity contribution >= 4 is 0 Å². The summed E-state index contributed by atoms with van der Waals surface area (Å²) < 4.78 is 5.17. The van der Waals surface area contributed by atoms with E-state index in [2.05, 4.69) is 25.4 Å². The van der Waals surface area contributed by atoms with E-state index >= 15 is 0 Å². The minimum atomic E-state index is 0.356. The predicted octanol–water partition coefficient (Wildman–Crippen LogP) is 0.603. The van der Waals surface area contributed by atoms with Crippen molar-refractivity contribution < 1.29 is 4.52 Å². The minimum absolute atomic E-state index is 0.356. The van der Waals surface area contributed by atoms with Gasteiger partial charge in [0.15, 0.2) is 5.82 Å². The summed E-state index contributed by atoms with van der Waals surface area (Å²) in [6, 6.07) is 0. The van der Waals surface area contributed by atoms with E-state index in [9.17, 15) is 0 Å². The van der Waals surface area contributed by atoms with Gasteiger partial charge in [0.25, 0.3) is 5.89 Å². The molecule has 6 nitrogen and oxygen atoms in total. The predicted molar refractivity (Wildman–Crippen MR) is 55.6 cm³/mol. The van der Waals surface area contributed by atoms with E-state index < -0.39 is 0 Å². The fraction of sp³-hybridized carbons (Fsp3) is 0.400. The van der Waals surface area contributed by atoms with Crippen LogP contribution in [-0.2, 0) is 0 Å². The molecule has 1 saturated heterocycles. The van der Waals surface area contributed by atoms with Crippen molar-refractivity contribution in [3.63, 3.8) is 0 Å². The van der Waals surface area contributed by atoms with Gasteiger partial charge in [0.2, 0.25) is 0 Å². The van der Waals surface area contributed by atoms with Crippen LogP contribution in [0, 0.1) is 0 Å². The second kappa shape index (κ2) is 3.97.